The van der Waals surface area contributed by atoms with Crippen molar-refractivity contribution in [1.29, 1.82) is 0 Å². The summed E-state index contributed by atoms with van der Waals surface area (Å²) in [7, 11) is 0. The number of hydrogen-bond acceptors (Lipinski definition) is 3. The molecule has 3 N–H and O–H groups in total. The molecule has 0 bridgehead atoms. The van der Waals surface area contributed by atoms with Crippen LogP contribution in [0.2, 0.25) is 0 Å². The van der Waals surface area contributed by atoms with Crippen molar-refractivity contribution in [2.45, 2.75) is 12.8 Å². The average molecular weight is 234 g/mol. The Hall–Kier alpha value is -1.55. The fourth-order valence-electron chi connectivity index (χ4n) is 2.00. The molecule has 0 spiro atoms. The zero-order chi connectivity index (χ0) is 12.1. The summed E-state index contributed by atoms with van der Waals surface area (Å²) in [6.45, 7) is 2.87. The van der Waals surface area contributed by atoms with Crippen molar-refractivity contribution in [3.05, 3.63) is 29.8 Å². The largest absolute Gasteiger partial charge is 0.493 e. The highest BCUT2D eigenvalue weighted by Crippen LogP contribution is 2.15. The van der Waals surface area contributed by atoms with E-state index < -0.39 is 5.91 Å². The molecule has 4 heteroatoms. The van der Waals surface area contributed by atoms with Crippen molar-refractivity contribution in [2.75, 3.05) is 19.7 Å². The first-order valence-electron chi connectivity index (χ1n) is 5.99. The fraction of sp³-hybridized carbons (Fsp3) is 0.462. The zero-order valence-corrected chi connectivity index (χ0v) is 9.82. The number of nitrogens with one attached hydrogen (secondary N) is 1. The number of ether oxygens (including phenoxy) is 1. The Morgan fingerprint density at radius 1 is 1.41 bits per heavy atom. The number of primary amides is 1. The predicted octanol–water partition coefficient (Wildman–Crippen LogP) is 1.16. The van der Waals surface area contributed by atoms with Crippen LogP contribution in [0.25, 0.3) is 0 Å². The van der Waals surface area contributed by atoms with Crippen LogP contribution in [0.1, 0.15) is 23.2 Å². The van der Waals surface area contributed by atoms with E-state index in [-0.39, 0.29) is 0 Å². The minimum absolute atomic E-state index is 0.409. The van der Waals surface area contributed by atoms with Gasteiger partial charge in [-0.15, -0.1) is 0 Å². The quantitative estimate of drug-likeness (QED) is 0.821. The van der Waals surface area contributed by atoms with Crippen molar-refractivity contribution in [2.24, 2.45) is 11.7 Å². The zero-order valence-electron chi connectivity index (χ0n) is 9.82. The lowest BCUT2D eigenvalue weighted by Crippen LogP contribution is -2.33. The minimum atomic E-state index is -0.409. The molecule has 1 aliphatic heterocycles. The molecule has 4 nitrogen and oxygen atoms in total. The monoisotopic (exact) mass is 234 g/mol. The number of piperidine rings is 1. The normalized spacial score (nSPS) is 19.9. The highest BCUT2D eigenvalue weighted by molar-refractivity contribution is 5.92. The van der Waals surface area contributed by atoms with Gasteiger partial charge in [0.1, 0.15) is 5.75 Å². The van der Waals surface area contributed by atoms with Gasteiger partial charge < -0.3 is 15.8 Å². The molecular formula is C13H18N2O2. The summed E-state index contributed by atoms with van der Waals surface area (Å²) in [6.07, 6.45) is 2.43. The maximum Gasteiger partial charge on any atom is 0.248 e. The number of amides is 1. The SMILES string of the molecule is NC(=O)c1ccc(OC[C@H]2CCCNC2)cc1. The summed E-state index contributed by atoms with van der Waals surface area (Å²) in [5.74, 6) is 0.966. The second-order valence-corrected chi connectivity index (χ2v) is 4.41. The van der Waals surface area contributed by atoms with Gasteiger partial charge >= 0.3 is 0 Å². The van der Waals surface area contributed by atoms with Gasteiger partial charge in [0.15, 0.2) is 0 Å². The summed E-state index contributed by atoms with van der Waals surface area (Å²) >= 11 is 0. The van der Waals surface area contributed by atoms with Gasteiger partial charge in [-0.3, -0.25) is 4.79 Å². The van der Waals surface area contributed by atoms with E-state index in [1.54, 1.807) is 24.3 Å². The third-order valence-corrected chi connectivity index (χ3v) is 3.02. The van der Waals surface area contributed by atoms with Crippen LogP contribution < -0.4 is 15.8 Å². The van der Waals surface area contributed by atoms with Crippen LogP contribution in [0.3, 0.4) is 0 Å². The third kappa shape index (κ3) is 3.46. The average Bonchev–Trinajstić information content (AvgIpc) is 2.38. The Balaban J connectivity index is 1.84. The van der Waals surface area contributed by atoms with E-state index in [1.165, 1.54) is 12.8 Å². The van der Waals surface area contributed by atoms with Crippen LogP contribution in [0.5, 0.6) is 5.75 Å². The molecule has 0 radical (unpaired) electrons. The van der Waals surface area contributed by atoms with E-state index in [4.69, 9.17) is 10.5 Å². The first-order chi connectivity index (χ1) is 8.25. The van der Waals surface area contributed by atoms with E-state index in [1.807, 2.05) is 0 Å². The molecular weight excluding hydrogens is 216 g/mol. The van der Waals surface area contributed by atoms with Crippen LogP contribution in [0.15, 0.2) is 24.3 Å². The van der Waals surface area contributed by atoms with E-state index >= 15 is 0 Å². The lowest BCUT2D eigenvalue weighted by atomic mass is 10.0. The number of hydrogen-bond donors (Lipinski definition) is 2. The van der Waals surface area contributed by atoms with Gasteiger partial charge in [0, 0.05) is 18.0 Å². The van der Waals surface area contributed by atoms with Crippen LogP contribution in [0, 0.1) is 5.92 Å². The van der Waals surface area contributed by atoms with Crippen LogP contribution >= 0.6 is 0 Å². The number of carbonyl (C=O) groups is 1. The van der Waals surface area contributed by atoms with Gasteiger partial charge in [0.25, 0.3) is 0 Å². The van der Waals surface area contributed by atoms with Crippen LogP contribution in [-0.2, 0) is 0 Å². The van der Waals surface area contributed by atoms with Crippen molar-refractivity contribution in [3.8, 4) is 5.75 Å². The summed E-state index contributed by atoms with van der Waals surface area (Å²) < 4.78 is 5.69. The molecule has 1 atom stereocenters. The minimum Gasteiger partial charge on any atom is -0.493 e. The third-order valence-electron chi connectivity index (χ3n) is 3.02. The van der Waals surface area contributed by atoms with Gasteiger partial charge in [-0.25, -0.2) is 0 Å². The second kappa shape index (κ2) is 5.68. The van der Waals surface area contributed by atoms with Gasteiger partial charge in [-0.2, -0.15) is 0 Å². The molecule has 0 saturated carbocycles. The van der Waals surface area contributed by atoms with Crippen molar-refractivity contribution in [3.63, 3.8) is 0 Å². The number of benzene rings is 1. The Labute approximate surface area is 101 Å². The molecule has 1 heterocycles. The van der Waals surface area contributed by atoms with E-state index in [9.17, 15) is 4.79 Å². The standard InChI is InChI=1S/C13H18N2O2/c14-13(16)11-3-5-12(6-4-11)17-9-10-2-1-7-15-8-10/h3-6,10,15H,1-2,7-9H2,(H2,14,16)/t10-/m0/s1. The summed E-state index contributed by atoms with van der Waals surface area (Å²) in [4.78, 5) is 10.9. The fourth-order valence-corrected chi connectivity index (χ4v) is 2.00. The molecule has 2 rings (SSSR count). The number of nitrogens with two attached hydrogens (primary N) is 1. The highest BCUT2D eigenvalue weighted by atomic mass is 16.5. The molecule has 92 valence electrons. The Bertz CT molecular complexity index is 370. The topological polar surface area (TPSA) is 64.4 Å². The highest BCUT2D eigenvalue weighted by Gasteiger charge is 2.13. The molecule has 0 unspecified atom stereocenters. The Morgan fingerprint density at radius 3 is 2.76 bits per heavy atom. The molecule has 17 heavy (non-hydrogen) atoms. The van der Waals surface area contributed by atoms with Gasteiger partial charge in [0.2, 0.25) is 5.91 Å². The molecule has 1 aliphatic rings. The number of carbonyl (C=O) groups excluding carboxylic acids is 1. The molecule has 0 aliphatic carbocycles. The lowest BCUT2D eigenvalue weighted by Gasteiger charge is -2.22. The molecule has 1 aromatic carbocycles. The second-order valence-electron chi connectivity index (χ2n) is 4.41. The molecule has 1 fully saturated rings. The van der Waals surface area contributed by atoms with Crippen LogP contribution in [0.4, 0.5) is 0 Å². The summed E-state index contributed by atoms with van der Waals surface area (Å²) in [5.41, 5.74) is 5.68. The maximum absolute atomic E-state index is 10.9. The molecule has 1 saturated heterocycles. The van der Waals surface area contributed by atoms with Crippen molar-refractivity contribution >= 4 is 5.91 Å². The first-order valence-corrected chi connectivity index (χ1v) is 5.99. The van der Waals surface area contributed by atoms with E-state index in [2.05, 4.69) is 5.32 Å². The Morgan fingerprint density at radius 2 is 2.18 bits per heavy atom. The van der Waals surface area contributed by atoms with Crippen molar-refractivity contribution < 1.29 is 9.53 Å². The molecule has 1 aromatic rings. The van der Waals surface area contributed by atoms with Gasteiger partial charge in [0.05, 0.1) is 6.61 Å². The van der Waals surface area contributed by atoms with Crippen molar-refractivity contribution in [1.82, 2.24) is 5.32 Å². The van der Waals surface area contributed by atoms with E-state index in [0.717, 1.165) is 25.4 Å². The van der Waals surface area contributed by atoms with Gasteiger partial charge in [-0.1, -0.05) is 0 Å². The maximum atomic E-state index is 10.9. The summed E-state index contributed by atoms with van der Waals surface area (Å²) in [5, 5.41) is 3.35. The molecule has 1 amide bonds. The lowest BCUT2D eigenvalue weighted by molar-refractivity contribution is 0.1000. The Kier molecular flexibility index (Phi) is 3.98. The van der Waals surface area contributed by atoms with Gasteiger partial charge in [-0.05, 0) is 43.7 Å². The molecule has 0 aromatic heterocycles. The van der Waals surface area contributed by atoms with E-state index in [0.29, 0.717) is 11.5 Å². The van der Waals surface area contributed by atoms with Crippen LogP contribution in [-0.4, -0.2) is 25.6 Å². The first kappa shape index (κ1) is 11.9. The summed E-state index contributed by atoms with van der Waals surface area (Å²) in [6, 6.07) is 6.96. The smallest absolute Gasteiger partial charge is 0.248 e. The number of rotatable bonds is 4. The predicted molar refractivity (Wildman–Crippen MR) is 66.0 cm³/mol.